The minimum atomic E-state index is -0.920. The van der Waals surface area contributed by atoms with E-state index in [0.29, 0.717) is 14.2 Å². The van der Waals surface area contributed by atoms with E-state index in [1.54, 1.807) is 13.8 Å². The van der Waals surface area contributed by atoms with E-state index in [9.17, 15) is 19.2 Å². The Morgan fingerprint density at radius 1 is 0.941 bits per heavy atom. The fourth-order valence-electron chi connectivity index (χ4n) is 2.66. The zero-order chi connectivity index (χ0) is 26.8. The lowest BCUT2D eigenvalue weighted by molar-refractivity contribution is -0.126. The van der Waals surface area contributed by atoms with Crippen LogP contribution in [0.15, 0.2) is 0 Å². The van der Waals surface area contributed by atoms with Gasteiger partial charge in [-0.25, -0.2) is 0 Å². The Labute approximate surface area is 268 Å². The SMILES string of the molecule is CSC(=S)SC(CC(C)(C)C(C)(C)C(=O)Cl)C(=O)Nc1c(I)c(C(=O)Cl)c(I)c(C(=O)Cl)c1I. The summed E-state index contributed by atoms with van der Waals surface area (Å²) in [6.45, 7) is 7.19. The van der Waals surface area contributed by atoms with Gasteiger partial charge < -0.3 is 5.32 Å². The van der Waals surface area contributed by atoms with E-state index < -0.39 is 37.7 Å². The number of nitrogens with one attached hydrogen (secondary N) is 1. The van der Waals surface area contributed by atoms with Gasteiger partial charge in [-0.05, 0) is 121 Å². The van der Waals surface area contributed by atoms with Crippen LogP contribution in [0.1, 0.15) is 54.8 Å². The fraction of sp³-hybridized carbons (Fsp3) is 0.450. The molecule has 0 heterocycles. The summed E-state index contributed by atoms with van der Waals surface area (Å²) < 4.78 is 1.62. The second kappa shape index (κ2) is 13.6. The van der Waals surface area contributed by atoms with E-state index in [1.807, 2.05) is 87.9 Å². The highest BCUT2D eigenvalue weighted by atomic mass is 127. The zero-order valence-corrected chi connectivity index (χ0v) is 29.6. The van der Waals surface area contributed by atoms with Gasteiger partial charge in [0.1, 0.15) is 3.53 Å². The highest BCUT2D eigenvalue weighted by molar-refractivity contribution is 14.1. The van der Waals surface area contributed by atoms with E-state index in [1.165, 1.54) is 23.5 Å². The second-order valence-corrected chi connectivity index (χ2v) is 15.6. The maximum absolute atomic E-state index is 13.5. The highest BCUT2D eigenvalue weighted by Crippen LogP contribution is 2.46. The minimum Gasteiger partial charge on any atom is -0.323 e. The third kappa shape index (κ3) is 7.79. The molecule has 0 spiro atoms. The monoisotopic (exact) mass is 919 g/mol. The van der Waals surface area contributed by atoms with Crippen molar-refractivity contribution in [2.24, 2.45) is 10.8 Å². The average Bonchev–Trinajstić information content (AvgIpc) is 2.69. The van der Waals surface area contributed by atoms with Crippen LogP contribution < -0.4 is 5.32 Å². The molecule has 1 aromatic carbocycles. The molecule has 1 atom stereocenters. The normalized spacial score (nSPS) is 12.8. The summed E-state index contributed by atoms with van der Waals surface area (Å²) in [7, 11) is 0. The molecule has 1 aromatic rings. The Balaban J connectivity index is 3.58. The minimum absolute atomic E-state index is 0.0839. The van der Waals surface area contributed by atoms with Crippen LogP contribution >= 0.6 is 138 Å². The van der Waals surface area contributed by atoms with Crippen LogP contribution in [0.2, 0.25) is 0 Å². The van der Waals surface area contributed by atoms with Crippen LogP contribution in [0.4, 0.5) is 5.69 Å². The van der Waals surface area contributed by atoms with Crippen LogP contribution in [0.5, 0.6) is 0 Å². The number of hydrogen-bond donors (Lipinski definition) is 1. The van der Waals surface area contributed by atoms with Crippen molar-refractivity contribution in [3.05, 3.63) is 21.8 Å². The van der Waals surface area contributed by atoms with Crippen LogP contribution in [-0.2, 0) is 9.59 Å². The summed E-state index contributed by atoms with van der Waals surface area (Å²) in [6, 6.07) is 0. The van der Waals surface area contributed by atoms with Crippen molar-refractivity contribution in [2.75, 3.05) is 11.6 Å². The van der Waals surface area contributed by atoms with Crippen molar-refractivity contribution in [3.63, 3.8) is 0 Å². The maximum Gasteiger partial charge on any atom is 0.254 e. The van der Waals surface area contributed by atoms with Crippen LogP contribution in [0.3, 0.4) is 0 Å². The molecule has 1 unspecified atom stereocenters. The third-order valence-electron chi connectivity index (χ3n) is 5.53. The summed E-state index contributed by atoms with van der Waals surface area (Å²) in [4.78, 5) is 49.8. The molecule has 5 nitrogen and oxygen atoms in total. The fourth-order valence-corrected chi connectivity index (χ4v) is 10.3. The summed E-state index contributed by atoms with van der Waals surface area (Å²) in [5.41, 5.74) is -1.17. The first-order chi connectivity index (χ1) is 15.4. The molecule has 0 aliphatic rings. The molecule has 1 rings (SSSR count). The summed E-state index contributed by atoms with van der Waals surface area (Å²) in [5, 5.41) is 0.0818. The lowest BCUT2D eigenvalue weighted by Crippen LogP contribution is -2.42. The molecule has 0 aromatic heterocycles. The molecule has 1 amide bonds. The third-order valence-corrected chi connectivity index (χ3v) is 12.4. The molecule has 1 N–H and O–H groups in total. The van der Waals surface area contributed by atoms with Crippen molar-refractivity contribution >= 4 is 169 Å². The van der Waals surface area contributed by atoms with Crippen molar-refractivity contribution < 1.29 is 19.2 Å². The van der Waals surface area contributed by atoms with Gasteiger partial charge in [0.2, 0.25) is 11.1 Å². The van der Waals surface area contributed by atoms with E-state index in [4.69, 9.17) is 47.0 Å². The second-order valence-electron chi connectivity index (χ2n) is 8.15. The number of halogens is 6. The van der Waals surface area contributed by atoms with E-state index >= 15 is 0 Å². The van der Waals surface area contributed by atoms with Gasteiger partial charge in [0, 0.05) is 8.99 Å². The standard InChI is InChI=1S/C20H19Cl3I3NO4S3/c1-19(2,20(3,4)17(23)31)6-7(34-18(32)33-5)16(30)27-13-11(25)8(14(21)28)10(24)9(12(13)26)15(22)29/h7H,6H2,1-5H3,(H,27,30). The number of benzene rings is 1. The molecule has 14 heteroatoms. The average molecular weight is 921 g/mol. The molecular weight excluding hydrogens is 901 g/mol. The Morgan fingerprint density at radius 3 is 1.74 bits per heavy atom. The first-order valence-electron chi connectivity index (χ1n) is 9.26. The molecular formula is C20H19Cl3I3NO4S3. The predicted molar refractivity (Wildman–Crippen MR) is 174 cm³/mol. The number of carbonyl (C=O) groups is 4. The molecule has 34 heavy (non-hydrogen) atoms. The lowest BCUT2D eigenvalue weighted by atomic mass is 9.66. The molecule has 0 saturated carbocycles. The number of anilines is 1. The molecule has 0 aliphatic carbocycles. The quantitative estimate of drug-likeness (QED) is 0.152. The Hall–Kier alpha value is 1.55. The van der Waals surface area contributed by atoms with Gasteiger partial charge >= 0.3 is 0 Å². The predicted octanol–water partition coefficient (Wildman–Crippen LogP) is 8.15. The van der Waals surface area contributed by atoms with Gasteiger partial charge in [-0.3, -0.25) is 19.2 Å². The number of amides is 1. The number of rotatable bonds is 9. The zero-order valence-electron chi connectivity index (χ0n) is 18.4. The molecule has 0 bridgehead atoms. The smallest absolute Gasteiger partial charge is 0.254 e. The molecule has 0 aliphatic heterocycles. The molecule has 0 radical (unpaired) electrons. The lowest BCUT2D eigenvalue weighted by Gasteiger charge is -2.40. The van der Waals surface area contributed by atoms with Crippen molar-refractivity contribution in [2.45, 2.75) is 39.4 Å². The largest absolute Gasteiger partial charge is 0.323 e. The first kappa shape index (κ1) is 33.6. The molecule has 0 saturated heterocycles. The molecule has 188 valence electrons. The highest BCUT2D eigenvalue weighted by Gasteiger charge is 2.45. The van der Waals surface area contributed by atoms with Crippen LogP contribution in [0.25, 0.3) is 0 Å². The number of thioether (sulfide) groups is 2. The van der Waals surface area contributed by atoms with Crippen molar-refractivity contribution in [1.29, 1.82) is 0 Å². The van der Waals surface area contributed by atoms with Gasteiger partial charge in [-0.15, -0.1) is 11.8 Å². The van der Waals surface area contributed by atoms with Crippen LogP contribution in [0, 0.1) is 21.5 Å². The number of thiocarbonyl (C=S) groups is 1. The number of hydrogen-bond acceptors (Lipinski definition) is 7. The summed E-state index contributed by atoms with van der Waals surface area (Å²) >= 11 is 31.0. The van der Waals surface area contributed by atoms with E-state index in [2.05, 4.69) is 5.32 Å². The first-order valence-corrected chi connectivity index (χ1v) is 16.1. The summed E-state index contributed by atoms with van der Waals surface area (Å²) in [5.74, 6) is -0.412. The van der Waals surface area contributed by atoms with Gasteiger partial charge in [0.25, 0.3) is 10.5 Å². The molecule has 0 fully saturated rings. The van der Waals surface area contributed by atoms with Gasteiger partial charge in [0.15, 0.2) is 0 Å². The van der Waals surface area contributed by atoms with E-state index in [-0.39, 0.29) is 23.2 Å². The number of carbonyl (C=O) groups excluding carboxylic acids is 4. The van der Waals surface area contributed by atoms with Gasteiger partial charge in [-0.1, -0.05) is 51.7 Å². The maximum atomic E-state index is 13.5. The van der Waals surface area contributed by atoms with Gasteiger partial charge in [-0.2, -0.15) is 0 Å². The Morgan fingerprint density at radius 2 is 1.38 bits per heavy atom. The van der Waals surface area contributed by atoms with Gasteiger partial charge in [0.05, 0.1) is 29.2 Å². The van der Waals surface area contributed by atoms with Crippen molar-refractivity contribution in [1.82, 2.24) is 0 Å². The van der Waals surface area contributed by atoms with Crippen molar-refractivity contribution in [3.8, 4) is 0 Å². The summed E-state index contributed by atoms with van der Waals surface area (Å²) in [6.07, 6.45) is 2.08. The Bertz CT molecular complexity index is 1030. The topological polar surface area (TPSA) is 80.3 Å². The van der Waals surface area contributed by atoms with Crippen LogP contribution in [-0.4, -0.2) is 36.7 Å². The van der Waals surface area contributed by atoms with E-state index in [0.717, 1.165) is 0 Å². The Kier molecular flexibility index (Phi) is 13.4.